The third kappa shape index (κ3) is 3.35. The van der Waals surface area contributed by atoms with E-state index in [2.05, 4.69) is 9.71 Å². The molecule has 2 aliphatic rings. The van der Waals surface area contributed by atoms with Crippen molar-refractivity contribution in [2.45, 2.75) is 29.8 Å². The van der Waals surface area contributed by atoms with Crippen LogP contribution in [0.5, 0.6) is 5.75 Å². The van der Waals surface area contributed by atoms with Crippen molar-refractivity contribution in [3.05, 3.63) is 54.1 Å². The highest BCUT2D eigenvalue weighted by atomic mass is 32.2. The SMILES string of the molecule is COc1ccc(C(=O)N2C[C@@H]3C[C@H]2C[C@@H]3NS(=O)(=O)c2cccnc2)cc1F. The number of fused-ring (bicyclic) bond motifs is 2. The molecule has 0 unspecified atom stereocenters. The highest BCUT2D eigenvalue weighted by molar-refractivity contribution is 7.89. The molecule has 1 aliphatic carbocycles. The second kappa shape index (κ2) is 7.14. The summed E-state index contributed by atoms with van der Waals surface area (Å²) in [6.45, 7) is 0.442. The summed E-state index contributed by atoms with van der Waals surface area (Å²) in [6, 6.07) is 6.92. The van der Waals surface area contributed by atoms with Crippen LogP contribution in [0.2, 0.25) is 0 Å². The predicted molar refractivity (Wildman–Crippen MR) is 98.8 cm³/mol. The molecule has 0 spiro atoms. The van der Waals surface area contributed by atoms with Crippen LogP contribution in [-0.4, -0.2) is 49.9 Å². The average Bonchev–Trinajstić information content (AvgIpc) is 3.28. The molecule has 148 valence electrons. The van der Waals surface area contributed by atoms with Crippen molar-refractivity contribution >= 4 is 15.9 Å². The fourth-order valence-corrected chi connectivity index (χ4v) is 5.37. The maximum Gasteiger partial charge on any atom is 0.254 e. The Morgan fingerprint density at radius 2 is 2.14 bits per heavy atom. The van der Waals surface area contributed by atoms with Crippen molar-refractivity contribution in [2.24, 2.45) is 5.92 Å². The zero-order valence-corrected chi connectivity index (χ0v) is 16.0. The molecule has 1 amide bonds. The van der Waals surface area contributed by atoms with Gasteiger partial charge in [-0.3, -0.25) is 9.78 Å². The molecule has 2 aromatic rings. The number of amides is 1. The number of halogens is 1. The Balaban J connectivity index is 1.44. The lowest BCUT2D eigenvalue weighted by atomic mass is 10.0. The Labute approximate surface area is 162 Å². The predicted octanol–water partition coefficient (Wildman–Crippen LogP) is 1.81. The first kappa shape index (κ1) is 18.8. The Kier molecular flexibility index (Phi) is 4.80. The lowest BCUT2D eigenvalue weighted by Crippen LogP contribution is -2.47. The number of methoxy groups -OCH3 is 1. The number of ether oxygens (including phenoxy) is 1. The molecule has 2 heterocycles. The van der Waals surface area contributed by atoms with Crippen molar-refractivity contribution in [1.29, 1.82) is 0 Å². The molecule has 7 nitrogen and oxygen atoms in total. The minimum atomic E-state index is -3.65. The third-order valence-electron chi connectivity index (χ3n) is 5.45. The highest BCUT2D eigenvalue weighted by Gasteiger charge is 2.47. The van der Waals surface area contributed by atoms with Gasteiger partial charge < -0.3 is 9.64 Å². The number of likely N-dealkylation sites (tertiary alicyclic amines) is 1. The molecule has 1 N–H and O–H groups in total. The summed E-state index contributed by atoms with van der Waals surface area (Å²) in [5.41, 5.74) is 0.262. The number of aromatic nitrogens is 1. The summed E-state index contributed by atoms with van der Waals surface area (Å²) in [5.74, 6) is -0.713. The maximum atomic E-state index is 13.9. The van der Waals surface area contributed by atoms with Crippen LogP contribution in [0, 0.1) is 11.7 Å². The number of nitrogens with zero attached hydrogens (tertiary/aromatic N) is 2. The van der Waals surface area contributed by atoms with Crippen LogP contribution in [-0.2, 0) is 10.0 Å². The average molecular weight is 405 g/mol. The van der Waals surface area contributed by atoms with E-state index in [4.69, 9.17) is 4.74 Å². The number of hydrogen-bond acceptors (Lipinski definition) is 5. The number of nitrogens with one attached hydrogen (secondary N) is 1. The quantitative estimate of drug-likeness (QED) is 0.820. The second-order valence-corrected chi connectivity index (χ2v) is 8.82. The van der Waals surface area contributed by atoms with Crippen LogP contribution < -0.4 is 9.46 Å². The van der Waals surface area contributed by atoms with E-state index in [1.54, 1.807) is 17.0 Å². The Morgan fingerprint density at radius 3 is 2.75 bits per heavy atom. The fourth-order valence-electron chi connectivity index (χ4n) is 4.09. The van der Waals surface area contributed by atoms with E-state index >= 15 is 0 Å². The minimum absolute atomic E-state index is 0.0310. The summed E-state index contributed by atoms with van der Waals surface area (Å²) in [5, 5.41) is 0. The summed E-state index contributed by atoms with van der Waals surface area (Å²) < 4.78 is 46.6. The largest absolute Gasteiger partial charge is 0.494 e. The Bertz CT molecular complexity index is 999. The number of piperidine rings is 1. The molecular formula is C19H20FN3O4S. The number of carbonyl (C=O) groups excluding carboxylic acids is 1. The summed E-state index contributed by atoms with van der Waals surface area (Å²) >= 11 is 0. The lowest BCUT2D eigenvalue weighted by molar-refractivity contribution is 0.0691. The zero-order valence-electron chi connectivity index (χ0n) is 15.2. The minimum Gasteiger partial charge on any atom is -0.494 e. The molecule has 1 saturated heterocycles. The number of carbonyl (C=O) groups is 1. The monoisotopic (exact) mass is 405 g/mol. The Morgan fingerprint density at radius 1 is 1.32 bits per heavy atom. The van der Waals surface area contributed by atoms with Gasteiger partial charge in [-0.2, -0.15) is 0 Å². The van der Waals surface area contributed by atoms with E-state index in [1.807, 2.05) is 0 Å². The second-order valence-electron chi connectivity index (χ2n) is 7.11. The highest BCUT2D eigenvalue weighted by Crippen LogP contribution is 2.39. The van der Waals surface area contributed by atoms with Gasteiger partial charge in [0.15, 0.2) is 11.6 Å². The van der Waals surface area contributed by atoms with Crippen LogP contribution >= 0.6 is 0 Å². The van der Waals surface area contributed by atoms with E-state index in [1.165, 1.54) is 37.7 Å². The zero-order chi connectivity index (χ0) is 19.9. The molecule has 0 radical (unpaired) electrons. The molecule has 1 aliphatic heterocycles. The molecule has 1 aromatic heterocycles. The molecule has 28 heavy (non-hydrogen) atoms. The van der Waals surface area contributed by atoms with Gasteiger partial charge in [0, 0.05) is 36.6 Å². The van der Waals surface area contributed by atoms with Crippen molar-refractivity contribution < 1.29 is 22.3 Å². The van der Waals surface area contributed by atoms with Gasteiger partial charge in [-0.15, -0.1) is 0 Å². The first-order valence-corrected chi connectivity index (χ1v) is 10.4. The lowest BCUT2D eigenvalue weighted by Gasteiger charge is -2.32. The van der Waals surface area contributed by atoms with Crippen molar-refractivity contribution in [2.75, 3.05) is 13.7 Å². The summed E-state index contributed by atoms with van der Waals surface area (Å²) in [6.07, 6.45) is 4.09. The molecule has 2 bridgehead atoms. The fraction of sp³-hybridized carbons (Fsp3) is 0.368. The van der Waals surface area contributed by atoms with Gasteiger partial charge in [-0.05, 0) is 49.1 Å². The van der Waals surface area contributed by atoms with Crippen LogP contribution in [0.4, 0.5) is 4.39 Å². The van der Waals surface area contributed by atoms with E-state index in [9.17, 15) is 17.6 Å². The molecule has 4 rings (SSSR count). The molecule has 9 heteroatoms. The van der Waals surface area contributed by atoms with Gasteiger partial charge >= 0.3 is 0 Å². The molecule has 2 fully saturated rings. The topological polar surface area (TPSA) is 88.6 Å². The maximum absolute atomic E-state index is 13.9. The van der Waals surface area contributed by atoms with E-state index in [0.717, 1.165) is 6.42 Å². The first-order valence-electron chi connectivity index (χ1n) is 8.96. The van der Waals surface area contributed by atoms with Gasteiger partial charge in [0.2, 0.25) is 10.0 Å². The van der Waals surface area contributed by atoms with Gasteiger partial charge in [0.1, 0.15) is 4.90 Å². The molecule has 1 aromatic carbocycles. The van der Waals surface area contributed by atoms with Gasteiger partial charge in [-0.1, -0.05) is 0 Å². The summed E-state index contributed by atoms with van der Waals surface area (Å²) in [4.78, 5) is 18.5. The van der Waals surface area contributed by atoms with Gasteiger partial charge in [-0.25, -0.2) is 17.5 Å². The summed E-state index contributed by atoms with van der Waals surface area (Å²) in [7, 11) is -2.28. The molecular weight excluding hydrogens is 385 g/mol. The van der Waals surface area contributed by atoms with Crippen LogP contribution in [0.1, 0.15) is 23.2 Å². The number of rotatable bonds is 5. The molecule has 3 atom stereocenters. The number of benzene rings is 1. The van der Waals surface area contributed by atoms with Gasteiger partial charge in [0.05, 0.1) is 7.11 Å². The Hall–Kier alpha value is -2.52. The van der Waals surface area contributed by atoms with Crippen LogP contribution in [0.15, 0.2) is 47.6 Å². The normalized spacial score (nSPS) is 23.8. The van der Waals surface area contributed by atoms with Crippen molar-refractivity contribution in [3.8, 4) is 5.75 Å². The number of hydrogen-bond donors (Lipinski definition) is 1. The third-order valence-corrected chi connectivity index (χ3v) is 6.93. The van der Waals surface area contributed by atoms with E-state index in [0.29, 0.717) is 13.0 Å². The van der Waals surface area contributed by atoms with E-state index in [-0.39, 0.29) is 40.1 Å². The smallest absolute Gasteiger partial charge is 0.254 e. The van der Waals surface area contributed by atoms with Crippen molar-refractivity contribution in [3.63, 3.8) is 0 Å². The standard InChI is InChI=1S/C19H20FN3O4S/c1-27-18-5-4-12(8-16(18)20)19(24)23-11-13-7-14(23)9-17(13)22-28(25,26)15-3-2-6-21-10-15/h2-6,8,10,13-14,17,22H,7,9,11H2,1H3/t13-,14-,17-/m0/s1. The van der Waals surface area contributed by atoms with Crippen LogP contribution in [0.25, 0.3) is 0 Å². The number of sulfonamides is 1. The van der Waals surface area contributed by atoms with Crippen molar-refractivity contribution in [1.82, 2.24) is 14.6 Å². The van der Waals surface area contributed by atoms with Gasteiger partial charge in [0.25, 0.3) is 5.91 Å². The number of pyridine rings is 1. The van der Waals surface area contributed by atoms with E-state index < -0.39 is 15.8 Å². The first-order chi connectivity index (χ1) is 13.4. The molecule has 1 saturated carbocycles. The van der Waals surface area contributed by atoms with Crippen LogP contribution in [0.3, 0.4) is 0 Å².